The zero-order valence-corrected chi connectivity index (χ0v) is 76.3. The number of benzene rings is 3. The van der Waals surface area contributed by atoms with Crippen LogP contribution in [0.25, 0.3) is 0 Å². The fourth-order valence-electron chi connectivity index (χ4n) is 13.5. The summed E-state index contributed by atoms with van der Waals surface area (Å²) in [6.45, 7) is 8.74. The molecular formula is C86H128N18O28S. The van der Waals surface area contributed by atoms with Gasteiger partial charge in [0.2, 0.25) is 88.6 Å². The third-order valence-corrected chi connectivity index (χ3v) is 22.0. The number of aliphatic hydroxyl groups is 4. The second-order valence-electron chi connectivity index (χ2n) is 32.7. The van der Waals surface area contributed by atoms with Crippen molar-refractivity contribution in [3.63, 3.8) is 0 Å². The van der Waals surface area contributed by atoms with Gasteiger partial charge in [-0.15, -0.1) is 11.8 Å². The Morgan fingerprint density at radius 3 is 1.38 bits per heavy atom. The third kappa shape index (κ3) is 41.2. The molecule has 26 N–H and O–H groups in total. The molecule has 0 saturated carbocycles. The van der Waals surface area contributed by atoms with Crippen molar-refractivity contribution < 1.29 is 137 Å². The molecule has 17 amide bonds. The van der Waals surface area contributed by atoms with Crippen LogP contribution in [0.1, 0.15) is 136 Å². The van der Waals surface area contributed by atoms with Crippen LogP contribution in [-0.2, 0) is 106 Å². The van der Waals surface area contributed by atoms with Gasteiger partial charge in [0.25, 0.3) is 0 Å². The highest BCUT2D eigenvalue weighted by Gasteiger charge is 2.40. The first-order chi connectivity index (χ1) is 62.9. The quantitative estimate of drug-likeness (QED) is 0.0234. The number of carbonyl (C=O) groups excluding carboxylic acids is 16. The molecule has 0 aliphatic carbocycles. The Morgan fingerprint density at radius 2 is 0.872 bits per heavy atom. The lowest BCUT2D eigenvalue weighted by Crippen LogP contribution is -2.63. The maximum atomic E-state index is 14.7. The molecular weight excluding hydrogens is 1770 g/mol. The largest absolute Gasteiger partial charge is 0.508 e. The van der Waals surface area contributed by atoms with Gasteiger partial charge in [-0.25, -0.2) is 4.79 Å². The van der Waals surface area contributed by atoms with E-state index >= 15 is 0 Å². The minimum absolute atomic E-state index is 0.00956. The summed E-state index contributed by atoms with van der Waals surface area (Å²) in [5.74, 6) is -23.3. The van der Waals surface area contributed by atoms with E-state index in [1.54, 1.807) is 74.9 Å². The summed E-state index contributed by atoms with van der Waals surface area (Å²) in [6.07, 6.45) is -5.47. The van der Waals surface area contributed by atoms with Gasteiger partial charge < -0.3 is 141 Å². The lowest BCUT2D eigenvalue weighted by Gasteiger charge is -2.33. The van der Waals surface area contributed by atoms with Crippen LogP contribution < -0.4 is 85.5 Å². The van der Waals surface area contributed by atoms with Gasteiger partial charge in [0.05, 0.1) is 56.3 Å². The molecule has 46 nitrogen and oxygen atoms in total. The summed E-state index contributed by atoms with van der Waals surface area (Å²) in [6, 6.07) is -3.80. The predicted octanol–water partition coefficient (Wildman–Crippen LogP) is -5.66. The highest BCUT2D eigenvalue weighted by Crippen LogP contribution is 2.19. The number of aryl methyl sites for hydroxylation is 1. The number of nitrogens with zero attached hydrogens (tertiary/aromatic N) is 2. The van der Waals surface area contributed by atoms with Gasteiger partial charge in [0, 0.05) is 58.5 Å². The normalized spacial score (nSPS) is 15.5. The van der Waals surface area contributed by atoms with Crippen LogP contribution in [0.3, 0.4) is 0 Å². The first kappa shape index (κ1) is 112. The van der Waals surface area contributed by atoms with E-state index in [1.165, 1.54) is 55.5 Å². The first-order valence-corrected chi connectivity index (χ1v) is 44.6. The Bertz CT molecular complexity index is 4420. The van der Waals surface area contributed by atoms with Crippen molar-refractivity contribution in [3.05, 3.63) is 95.6 Å². The van der Waals surface area contributed by atoms with Gasteiger partial charge in [-0.3, -0.25) is 86.3 Å². The number of hydrogen-bond donors (Lipinski definition) is 25. The number of phenolic OH excluding ortho intramolecular Hbond substituents is 2. The number of nitrogens with two attached hydrogens (primary N) is 1. The molecule has 133 heavy (non-hydrogen) atoms. The predicted molar refractivity (Wildman–Crippen MR) is 477 cm³/mol. The fraction of sp³-hybridized carbons (Fsp3) is 0.570. The number of carbonyl (C=O) groups is 19. The van der Waals surface area contributed by atoms with Crippen molar-refractivity contribution in [1.29, 1.82) is 0 Å². The van der Waals surface area contributed by atoms with Crippen molar-refractivity contribution in [3.8, 4) is 11.5 Å². The van der Waals surface area contributed by atoms with Crippen molar-refractivity contribution >= 4 is 124 Å². The van der Waals surface area contributed by atoms with Crippen LogP contribution in [0, 0.1) is 11.8 Å². The number of hydrogen-bond acceptors (Lipinski definition) is 27. The number of aromatic hydroxyl groups is 2. The molecule has 1 aliphatic heterocycles. The van der Waals surface area contributed by atoms with Gasteiger partial charge in [0.15, 0.2) is 0 Å². The molecule has 0 spiro atoms. The number of carboxylic acids is 3. The van der Waals surface area contributed by atoms with Gasteiger partial charge in [-0.05, 0) is 125 Å². The Hall–Kier alpha value is -12.9. The number of thioether (sulfide) groups is 1. The number of aliphatic carboxylic acids is 3. The molecule has 3 aromatic carbocycles. The Labute approximate surface area is 772 Å². The molecule has 0 bridgehead atoms. The fourth-order valence-corrected chi connectivity index (χ4v) is 14.1. The summed E-state index contributed by atoms with van der Waals surface area (Å²) in [7, 11) is 1.66. The van der Waals surface area contributed by atoms with Crippen LogP contribution in [0.4, 0.5) is 4.79 Å². The number of rotatable bonds is 60. The summed E-state index contributed by atoms with van der Waals surface area (Å²) >= 11 is 0.859. The molecule has 0 radical (unpaired) electrons. The molecule has 0 aromatic heterocycles. The molecule has 1 heterocycles. The van der Waals surface area contributed by atoms with E-state index in [1.807, 2.05) is 0 Å². The van der Waals surface area contributed by atoms with Crippen LogP contribution in [0.15, 0.2) is 78.9 Å². The smallest absolute Gasteiger partial charge is 0.319 e. The molecule has 16 atom stereocenters. The highest BCUT2D eigenvalue weighted by molar-refractivity contribution is 8.00. The summed E-state index contributed by atoms with van der Waals surface area (Å²) in [4.78, 5) is 261. The van der Waals surface area contributed by atoms with Crippen LogP contribution in [-0.4, -0.2) is 330 Å². The van der Waals surface area contributed by atoms with E-state index in [9.17, 15) is 137 Å². The zero-order chi connectivity index (χ0) is 99.3. The molecule has 736 valence electrons. The van der Waals surface area contributed by atoms with Crippen LogP contribution >= 0.6 is 11.8 Å². The summed E-state index contributed by atoms with van der Waals surface area (Å²) < 4.78 is 0. The van der Waals surface area contributed by atoms with Gasteiger partial charge in [-0.2, -0.15) is 0 Å². The van der Waals surface area contributed by atoms with Gasteiger partial charge in [0.1, 0.15) is 84.0 Å². The molecule has 0 unspecified atom stereocenters. The van der Waals surface area contributed by atoms with Gasteiger partial charge >= 0.3 is 23.9 Å². The number of phenols is 2. The SMILES string of the molecule is CC[C@H](C)[C@H](NC(=O)[C@H](CO)NC(=O)[C@H](Cc1ccc(O)cc1)NC(=O)[C@H](CC(=O)O)NC(=O)[C@H](CO)NC(=O)[C@@H](NC(=O)[C@H](CCc1ccccc1)NC(=O)[C@@H](NC(=O)CNC(=O)[C@H](CCC(=O)O)NC(=O)CSCC(=O)NCCN1CCCN(C)C1=O)[C@@H](C)O)[C@@H](C)O)C(=O)N[C@@H](Cc1ccc(O)cc1)C(=O)N[C@@H](CC(C)C)C(=O)N[C@@H](CC(=O)O)C(=O)N[C@H](C)CCCCN. The number of amides is 17. The molecule has 4 rings (SSSR count). The zero-order valence-electron chi connectivity index (χ0n) is 75.5. The van der Waals surface area contributed by atoms with Crippen molar-refractivity contribution in [1.82, 2.24) is 89.6 Å². The average molecular weight is 1890 g/mol. The molecule has 47 heteroatoms. The van der Waals surface area contributed by atoms with E-state index in [0.717, 1.165) is 32.0 Å². The minimum atomic E-state index is -2.22. The number of nitrogens with one attached hydrogen (secondary N) is 15. The standard InChI is InChI=1S/C86H128N18O28S/c1-9-47(4)71(83(129)97-60(38-53-21-26-55(110)27-22-53)78(124)93-58(36-46(2)3)77(123)95-61(39-69(116)117)76(122)90-48(5)16-13-14-31-87)101-82(128)64(43-106)98-79(125)59(37-52-19-24-54(109)25-20-52)94-80(126)62(40-70(118)119)96-81(127)63(42-105)99-85(131)73(50(7)108)102-75(121)57(28-23-51-17-11-10-12-18-51)92-84(130)72(49(6)107)100-65(111)41-89-74(120)56(29-30-68(114)115)91-67(113)45-133-44-66(112)88-32-35-104-34-15-33-103(8)86(104)132/h10-12,17-22,24-27,46-50,56-64,71-73,105-110H,9,13-16,23,28-45,87H2,1-8H3,(H,88,112)(H,89,120)(H,90,122)(H,91,113)(H,92,130)(H,93,124)(H,94,126)(H,95,123)(H,96,127)(H,97,129)(H,98,125)(H,99,131)(H,100,111)(H,101,128)(H,102,121)(H,114,115)(H,116,117)(H,118,119)/t47-,48+,49+,50+,56-,57-,58-,59-,60-,61-,62-,63-,64-,71-,72-,73-/m0/s1. The monoisotopic (exact) mass is 1890 g/mol. The third-order valence-electron chi connectivity index (χ3n) is 21.0. The average Bonchev–Trinajstić information content (AvgIpc) is 0.882. The topological polar surface area (TPSA) is 719 Å². The minimum Gasteiger partial charge on any atom is -0.508 e. The molecule has 3 aromatic rings. The first-order valence-electron chi connectivity index (χ1n) is 43.5. The van der Waals surface area contributed by atoms with E-state index < -0.39 is 255 Å². The van der Waals surface area contributed by atoms with E-state index in [4.69, 9.17) is 5.73 Å². The van der Waals surface area contributed by atoms with E-state index in [0.29, 0.717) is 50.0 Å². The second-order valence-corrected chi connectivity index (χ2v) is 33.7. The van der Waals surface area contributed by atoms with Crippen molar-refractivity contribution in [2.75, 3.05) is 71.0 Å². The highest BCUT2D eigenvalue weighted by atomic mass is 32.2. The Balaban J connectivity index is 1.53. The Morgan fingerprint density at radius 1 is 0.436 bits per heavy atom. The number of carboxylic acid groups (broad SMARTS) is 3. The van der Waals surface area contributed by atoms with E-state index in [-0.39, 0.29) is 85.7 Å². The lowest BCUT2D eigenvalue weighted by molar-refractivity contribution is -0.142. The molecule has 1 saturated heterocycles. The summed E-state index contributed by atoms with van der Waals surface area (Å²) in [5.41, 5.74) is 6.74. The second kappa shape index (κ2) is 58.1. The number of unbranched alkanes of at least 4 members (excludes halogenated alkanes) is 1. The Kier molecular flexibility index (Phi) is 49.1. The van der Waals surface area contributed by atoms with Crippen LogP contribution in [0.2, 0.25) is 0 Å². The van der Waals surface area contributed by atoms with E-state index in [2.05, 4.69) is 79.8 Å². The maximum absolute atomic E-state index is 14.7. The lowest BCUT2D eigenvalue weighted by atomic mass is 9.96. The van der Waals surface area contributed by atoms with Crippen molar-refractivity contribution in [2.45, 2.75) is 229 Å². The maximum Gasteiger partial charge on any atom is 0.319 e. The van der Waals surface area contributed by atoms with Crippen LogP contribution in [0.5, 0.6) is 11.5 Å². The molecule has 1 fully saturated rings. The number of aliphatic hydroxyl groups excluding tert-OH is 4. The number of urea groups is 1. The molecule has 1 aliphatic rings. The van der Waals surface area contributed by atoms with Gasteiger partial charge in [-0.1, -0.05) is 95.1 Å². The summed E-state index contributed by atoms with van der Waals surface area (Å²) in [5, 5.41) is 128. The van der Waals surface area contributed by atoms with Crippen molar-refractivity contribution in [2.24, 2.45) is 17.6 Å².